The first-order valence-electron chi connectivity index (χ1n) is 8.95. The van der Waals surface area contributed by atoms with Gasteiger partial charge < -0.3 is 13.3 Å². The van der Waals surface area contributed by atoms with Crippen molar-refractivity contribution in [1.29, 1.82) is 0 Å². The van der Waals surface area contributed by atoms with E-state index in [0.29, 0.717) is 19.8 Å². The second kappa shape index (κ2) is 9.89. The minimum Gasteiger partial charge on any atom is -0.374 e. The summed E-state index contributed by atoms with van der Waals surface area (Å²) in [5, 5.41) is 0. The highest BCUT2D eigenvalue weighted by Gasteiger charge is 2.39. The van der Waals surface area contributed by atoms with Gasteiger partial charge in [-0.25, -0.2) is 0 Å². The number of hydrogen-bond acceptors (Lipinski definition) is 4. The molecule has 0 fully saturated rings. The van der Waals surface area contributed by atoms with Crippen LogP contribution in [-0.2, 0) is 13.3 Å². The second-order valence-corrected chi connectivity index (χ2v) is 8.34. The van der Waals surface area contributed by atoms with Crippen LogP contribution in [0.5, 0.6) is 0 Å². The summed E-state index contributed by atoms with van der Waals surface area (Å²) in [5.41, 5.74) is 3.68. The molecular weight excluding hydrogens is 318 g/mol. The molecule has 0 N–H and O–H groups in total. The lowest BCUT2D eigenvalue weighted by Gasteiger charge is -2.28. The Labute approximate surface area is 146 Å². The fourth-order valence-corrected chi connectivity index (χ4v) is 5.57. The highest BCUT2D eigenvalue weighted by atomic mass is 28.4. The van der Waals surface area contributed by atoms with Gasteiger partial charge in [-0.05, 0) is 32.8 Å². The van der Waals surface area contributed by atoms with Crippen LogP contribution >= 0.6 is 0 Å². The molecule has 0 radical (unpaired) electrons. The summed E-state index contributed by atoms with van der Waals surface area (Å²) in [6.45, 7) is 8.62. The topological polar surface area (TPSA) is 40.0 Å². The van der Waals surface area contributed by atoms with E-state index in [9.17, 15) is 0 Å². The van der Waals surface area contributed by atoms with Gasteiger partial charge in [0.2, 0.25) is 0 Å². The smallest absolute Gasteiger partial charge is 0.374 e. The van der Waals surface area contributed by atoms with Gasteiger partial charge in [-0.1, -0.05) is 36.4 Å². The molecule has 1 aromatic carbocycles. The van der Waals surface area contributed by atoms with E-state index in [1.807, 2.05) is 20.8 Å². The minimum atomic E-state index is -2.54. The molecule has 24 heavy (non-hydrogen) atoms. The lowest BCUT2D eigenvalue weighted by Crippen LogP contribution is -2.46. The molecule has 2 rings (SSSR count). The van der Waals surface area contributed by atoms with Crippen molar-refractivity contribution in [3.63, 3.8) is 0 Å². The zero-order valence-corrected chi connectivity index (χ0v) is 16.1. The minimum absolute atomic E-state index is 0.624. The van der Waals surface area contributed by atoms with E-state index in [0.717, 1.165) is 25.4 Å². The van der Waals surface area contributed by atoms with Crippen molar-refractivity contribution >= 4 is 20.6 Å². The molecule has 1 aromatic rings. The second-order valence-electron chi connectivity index (χ2n) is 5.61. The molecule has 0 amide bonds. The summed E-state index contributed by atoms with van der Waals surface area (Å²) in [4.78, 5) is 4.83. The lowest BCUT2D eigenvalue weighted by atomic mass is 9.95. The molecule has 0 bridgehead atoms. The quantitative estimate of drug-likeness (QED) is 0.467. The third-order valence-electron chi connectivity index (χ3n) is 3.92. The van der Waals surface area contributed by atoms with Crippen molar-refractivity contribution in [3.05, 3.63) is 41.5 Å². The first-order chi connectivity index (χ1) is 11.7. The van der Waals surface area contributed by atoms with Gasteiger partial charge in [0.05, 0.1) is 0 Å². The van der Waals surface area contributed by atoms with Crippen molar-refractivity contribution in [1.82, 2.24) is 0 Å². The van der Waals surface area contributed by atoms with Crippen molar-refractivity contribution in [3.8, 4) is 0 Å². The van der Waals surface area contributed by atoms with Crippen molar-refractivity contribution in [2.45, 2.75) is 39.7 Å². The van der Waals surface area contributed by atoms with Crippen LogP contribution in [0.4, 0.5) is 0 Å². The molecule has 0 aromatic heterocycles. The molecule has 0 spiro atoms. The Morgan fingerprint density at radius 3 is 2.33 bits per heavy atom. The van der Waals surface area contributed by atoms with Gasteiger partial charge in [-0.3, -0.25) is 4.99 Å². The molecule has 5 heteroatoms. The monoisotopic (exact) mass is 347 g/mol. The Morgan fingerprint density at radius 1 is 1.00 bits per heavy atom. The molecule has 132 valence electrons. The van der Waals surface area contributed by atoms with Crippen LogP contribution in [0.1, 0.15) is 44.7 Å². The number of nitrogens with zero attached hydrogens (tertiary/aromatic N) is 1. The van der Waals surface area contributed by atoms with Crippen LogP contribution in [0.2, 0.25) is 6.04 Å². The molecule has 0 saturated heterocycles. The van der Waals surface area contributed by atoms with Crippen LogP contribution in [0.15, 0.2) is 35.3 Å². The van der Waals surface area contributed by atoms with E-state index in [1.165, 1.54) is 16.8 Å². The van der Waals surface area contributed by atoms with Gasteiger partial charge >= 0.3 is 8.80 Å². The third kappa shape index (κ3) is 5.11. The summed E-state index contributed by atoms with van der Waals surface area (Å²) in [6, 6.07) is 9.24. The zero-order valence-electron chi connectivity index (χ0n) is 15.1. The van der Waals surface area contributed by atoms with Crippen molar-refractivity contribution in [2.24, 2.45) is 4.99 Å². The summed E-state index contributed by atoms with van der Waals surface area (Å²) in [6.07, 6.45) is 6.18. The number of aliphatic imine (C=N–C) groups is 1. The molecule has 0 aliphatic heterocycles. The van der Waals surface area contributed by atoms with Crippen LogP contribution in [0.25, 0.3) is 6.08 Å². The van der Waals surface area contributed by atoms with Crippen LogP contribution in [-0.4, -0.2) is 40.9 Å². The largest absolute Gasteiger partial charge is 0.500 e. The highest BCUT2D eigenvalue weighted by Crippen LogP contribution is 2.21. The van der Waals surface area contributed by atoms with Crippen LogP contribution < -0.4 is 0 Å². The number of benzene rings is 1. The van der Waals surface area contributed by atoms with Gasteiger partial charge in [0.15, 0.2) is 0 Å². The predicted octanol–water partition coefficient (Wildman–Crippen LogP) is 4.33. The predicted molar refractivity (Wildman–Crippen MR) is 102 cm³/mol. The van der Waals surface area contributed by atoms with Gasteiger partial charge in [0, 0.05) is 50.1 Å². The van der Waals surface area contributed by atoms with Crippen LogP contribution in [0, 0.1) is 0 Å². The van der Waals surface area contributed by atoms with E-state index in [-0.39, 0.29) is 0 Å². The maximum Gasteiger partial charge on any atom is 0.500 e. The molecule has 4 nitrogen and oxygen atoms in total. The molecule has 0 saturated carbocycles. The molecule has 1 aliphatic rings. The van der Waals surface area contributed by atoms with Gasteiger partial charge in [-0.15, -0.1) is 0 Å². The van der Waals surface area contributed by atoms with Crippen molar-refractivity contribution in [2.75, 3.05) is 26.4 Å². The summed E-state index contributed by atoms with van der Waals surface area (Å²) in [7, 11) is -2.54. The Balaban J connectivity index is 1.96. The lowest BCUT2D eigenvalue weighted by molar-refractivity contribution is 0.0710. The Hall–Kier alpha value is -1.27. The average Bonchev–Trinajstić information content (AvgIpc) is 2.59. The molecule has 0 heterocycles. The van der Waals surface area contributed by atoms with Gasteiger partial charge in [0.25, 0.3) is 0 Å². The normalized spacial score (nSPS) is 15.7. The molecule has 0 atom stereocenters. The van der Waals surface area contributed by atoms with E-state index in [4.69, 9.17) is 18.3 Å². The van der Waals surface area contributed by atoms with Gasteiger partial charge in [0.1, 0.15) is 0 Å². The van der Waals surface area contributed by atoms with E-state index < -0.39 is 8.80 Å². The maximum absolute atomic E-state index is 5.89. The Kier molecular flexibility index (Phi) is 7.85. The van der Waals surface area contributed by atoms with E-state index in [1.54, 1.807) is 0 Å². The number of allylic oxidation sites excluding steroid dienone is 1. The highest BCUT2D eigenvalue weighted by molar-refractivity contribution is 6.60. The average molecular weight is 348 g/mol. The van der Waals surface area contributed by atoms with E-state index in [2.05, 4.69) is 36.4 Å². The Bertz CT molecular complexity index is 554. The SMILES string of the molecule is CCO[Si](CCCN=C1CC=Cc2ccccc21)(OCC)OCC. The summed E-state index contributed by atoms with van der Waals surface area (Å²) < 4.78 is 17.7. The van der Waals surface area contributed by atoms with E-state index >= 15 is 0 Å². The fourth-order valence-electron chi connectivity index (χ4n) is 2.97. The van der Waals surface area contributed by atoms with Crippen molar-refractivity contribution < 1.29 is 13.3 Å². The summed E-state index contributed by atoms with van der Waals surface area (Å²) >= 11 is 0. The Morgan fingerprint density at radius 2 is 1.67 bits per heavy atom. The first-order valence-corrected chi connectivity index (χ1v) is 10.9. The first kappa shape index (κ1) is 19.1. The standard InChI is InChI=1S/C19H29NO3Si/c1-4-21-24(22-5-2,23-6-3)16-10-15-20-19-14-9-12-17-11-7-8-13-18(17)19/h7-9,11-13H,4-6,10,14-16H2,1-3H3. The van der Waals surface area contributed by atoms with Gasteiger partial charge in [-0.2, -0.15) is 0 Å². The fraction of sp³-hybridized carbons (Fsp3) is 0.526. The summed E-state index contributed by atoms with van der Waals surface area (Å²) in [5.74, 6) is 0. The number of fused-ring (bicyclic) bond motifs is 1. The third-order valence-corrected chi connectivity index (χ3v) is 7.07. The molecule has 1 aliphatic carbocycles. The van der Waals surface area contributed by atoms with Crippen LogP contribution in [0.3, 0.4) is 0 Å². The zero-order chi connectivity index (χ0) is 17.3. The molecular formula is C19H29NO3Si. The number of rotatable bonds is 10. The molecule has 0 unspecified atom stereocenters. The number of hydrogen-bond donors (Lipinski definition) is 0. The maximum atomic E-state index is 5.89.